The van der Waals surface area contributed by atoms with Crippen molar-refractivity contribution in [1.82, 2.24) is 5.32 Å². The Morgan fingerprint density at radius 3 is 2.81 bits per heavy atom. The average Bonchev–Trinajstić information content (AvgIpc) is 2.14. The van der Waals surface area contributed by atoms with Crippen LogP contribution in [0.15, 0.2) is 0 Å². The van der Waals surface area contributed by atoms with Gasteiger partial charge in [-0.3, -0.25) is 4.79 Å². The van der Waals surface area contributed by atoms with Gasteiger partial charge in [0, 0.05) is 24.4 Å². The number of carbonyl (C=O) groups excluding carboxylic acids is 1. The van der Waals surface area contributed by atoms with Crippen LogP contribution in [0.25, 0.3) is 0 Å². The molecule has 0 heterocycles. The fraction of sp³-hybridized carbons (Fsp3) is 0.917. The maximum atomic E-state index is 11.5. The highest BCUT2D eigenvalue weighted by atomic mass is 79.9. The standard InChI is InChI=1S/C12H22BrNO2/c1-3-16-11-6-10(7-11)8-12(15)14-5-4-9(2)13/h9-11H,3-8H2,1-2H3,(H,14,15). The van der Waals surface area contributed by atoms with Crippen molar-refractivity contribution in [3.63, 3.8) is 0 Å². The molecule has 0 aliphatic heterocycles. The third kappa shape index (κ3) is 5.30. The van der Waals surface area contributed by atoms with Crippen LogP contribution in [-0.4, -0.2) is 30.0 Å². The number of hydrogen-bond donors (Lipinski definition) is 1. The highest BCUT2D eigenvalue weighted by Crippen LogP contribution is 2.32. The summed E-state index contributed by atoms with van der Waals surface area (Å²) in [5.41, 5.74) is 0. The maximum absolute atomic E-state index is 11.5. The van der Waals surface area contributed by atoms with Crippen LogP contribution in [-0.2, 0) is 9.53 Å². The van der Waals surface area contributed by atoms with Crippen molar-refractivity contribution >= 4 is 21.8 Å². The number of ether oxygens (including phenoxy) is 1. The van der Waals surface area contributed by atoms with E-state index in [1.165, 1.54) is 0 Å². The van der Waals surface area contributed by atoms with Gasteiger partial charge >= 0.3 is 0 Å². The Bertz CT molecular complexity index is 215. The highest BCUT2D eigenvalue weighted by Gasteiger charge is 2.30. The van der Waals surface area contributed by atoms with Crippen LogP contribution in [0.5, 0.6) is 0 Å². The molecule has 1 saturated carbocycles. The Hall–Kier alpha value is -0.0900. The second-order valence-electron chi connectivity index (χ2n) is 4.54. The molecule has 1 N–H and O–H groups in total. The monoisotopic (exact) mass is 291 g/mol. The zero-order valence-electron chi connectivity index (χ0n) is 10.2. The van der Waals surface area contributed by atoms with Crippen molar-refractivity contribution in [3.05, 3.63) is 0 Å². The topological polar surface area (TPSA) is 38.3 Å². The lowest BCUT2D eigenvalue weighted by Crippen LogP contribution is -2.36. The number of alkyl halides is 1. The molecule has 0 spiro atoms. The maximum Gasteiger partial charge on any atom is 0.220 e. The van der Waals surface area contributed by atoms with E-state index in [1.54, 1.807) is 0 Å². The summed E-state index contributed by atoms with van der Waals surface area (Å²) in [6.07, 6.45) is 4.16. The van der Waals surface area contributed by atoms with Crippen LogP contribution in [0.4, 0.5) is 0 Å². The molecular weight excluding hydrogens is 270 g/mol. The molecule has 1 rings (SSSR count). The van der Waals surface area contributed by atoms with E-state index in [4.69, 9.17) is 4.74 Å². The Morgan fingerprint density at radius 2 is 2.25 bits per heavy atom. The van der Waals surface area contributed by atoms with Crippen LogP contribution in [0.3, 0.4) is 0 Å². The van der Waals surface area contributed by atoms with Gasteiger partial charge in [-0.25, -0.2) is 0 Å². The van der Waals surface area contributed by atoms with Crippen LogP contribution >= 0.6 is 15.9 Å². The lowest BCUT2D eigenvalue weighted by molar-refractivity contribution is -0.124. The van der Waals surface area contributed by atoms with Gasteiger partial charge in [-0.2, -0.15) is 0 Å². The summed E-state index contributed by atoms with van der Waals surface area (Å²) in [5, 5.41) is 2.95. The zero-order valence-corrected chi connectivity index (χ0v) is 11.8. The van der Waals surface area contributed by atoms with Gasteiger partial charge in [0.25, 0.3) is 0 Å². The van der Waals surface area contributed by atoms with Crippen molar-refractivity contribution < 1.29 is 9.53 Å². The molecule has 4 heteroatoms. The molecule has 94 valence electrons. The van der Waals surface area contributed by atoms with Crippen molar-refractivity contribution in [3.8, 4) is 0 Å². The van der Waals surface area contributed by atoms with Crippen LogP contribution < -0.4 is 5.32 Å². The fourth-order valence-electron chi connectivity index (χ4n) is 1.96. The summed E-state index contributed by atoms with van der Waals surface area (Å²) >= 11 is 3.46. The third-order valence-corrected chi connectivity index (χ3v) is 3.39. The summed E-state index contributed by atoms with van der Waals surface area (Å²) in [6.45, 7) is 5.66. The minimum absolute atomic E-state index is 0.188. The first-order chi connectivity index (χ1) is 7.61. The minimum atomic E-state index is 0.188. The van der Waals surface area contributed by atoms with Gasteiger partial charge in [-0.1, -0.05) is 22.9 Å². The first-order valence-electron chi connectivity index (χ1n) is 6.14. The van der Waals surface area contributed by atoms with Crippen LogP contribution in [0, 0.1) is 5.92 Å². The van der Waals surface area contributed by atoms with Crippen molar-refractivity contribution in [2.75, 3.05) is 13.2 Å². The molecule has 0 saturated heterocycles. The van der Waals surface area contributed by atoms with E-state index in [1.807, 2.05) is 6.92 Å². The van der Waals surface area contributed by atoms with Crippen molar-refractivity contribution in [2.24, 2.45) is 5.92 Å². The lowest BCUT2D eigenvalue weighted by atomic mass is 9.80. The first kappa shape index (κ1) is 14.0. The van der Waals surface area contributed by atoms with Gasteiger partial charge in [0.1, 0.15) is 0 Å². The van der Waals surface area contributed by atoms with E-state index in [-0.39, 0.29) is 5.91 Å². The van der Waals surface area contributed by atoms with Crippen molar-refractivity contribution in [1.29, 1.82) is 0 Å². The van der Waals surface area contributed by atoms with E-state index >= 15 is 0 Å². The van der Waals surface area contributed by atoms with Gasteiger partial charge in [0.2, 0.25) is 5.91 Å². The average molecular weight is 292 g/mol. The Labute approximate surface area is 106 Å². The SMILES string of the molecule is CCOC1CC(CC(=O)NCCC(C)Br)C1. The molecule has 0 radical (unpaired) electrons. The van der Waals surface area contributed by atoms with Gasteiger partial charge < -0.3 is 10.1 Å². The van der Waals surface area contributed by atoms with Crippen LogP contribution in [0.1, 0.15) is 39.5 Å². The van der Waals surface area contributed by atoms with Gasteiger partial charge in [-0.15, -0.1) is 0 Å². The van der Waals surface area contributed by atoms with E-state index in [0.29, 0.717) is 23.3 Å². The number of hydrogen-bond acceptors (Lipinski definition) is 2. The van der Waals surface area contributed by atoms with E-state index < -0.39 is 0 Å². The smallest absolute Gasteiger partial charge is 0.220 e. The minimum Gasteiger partial charge on any atom is -0.378 e. The van der Waals surface area contributed by atoms with Gasteiger partial charge in [-0.05, 0) is 32.1 Å². The van der Waals surface area contributed by atoms with Crippen molar-refractivity contribution in [2.45, 2.75) is 50.5 Å². The number of halogens is 1. The predicted octanol–water partition coefficient (Wildman–Crippen LogP) is 2.48. The first-order valence-corrected chi connectivity index (χ1v) is 7.05. The Morgan fingerprint density at radius 1 is 1.56 bits per heavy atom. The zero-order chi connectivity index (χ0) is 12.0. The molecule has 1 aliphatic carbocycles. The normalized spacial score (nSPS) is 25.9. The third-order valence-electron chi connectivity index (χ3n) is 2.93. The van der Waals surface area contributed by atoms with E-state index in [0.717, 1.165) is 32.4 Å². The molecule has 1 unspecified atom stereocenters. The molecule has 16 heavy (non-hydrogen) atoms. The van der Waals surface area contributed by atoms with E-state index in [9.17, 15) is 4.79 Å². The van der Waals surface area contributed by atoms with E-state index in [2.05, 4.69) is 28.2 Å². The molecule has 0 aromatic heterocycles. The molecule has 1 fully saturated rings. The molecule has 3 nitrogen and oxygen atoms in total. The number of amides is 1. The quantitative estimate of drug-likeness (QED) is 0.732. The molecule has 1 amide bonds. The molecule has 1 atom stereocenters. The fourth-order valence-corrected chi connectivity index (χ4v) is 2.19. The Balaban J connectivity index is 1.99. The molecule has 0 aromatic rings. The predicted molar refractivity (Wildman–Crippen MR) is 68.8 cm³/mol. The highest BCUT2D eigenvalue weighted by molar-refractivity contribution is 9.09. The summed E-state index contributed by atoms with van der Waals surface area (Å²) in [4.78, 5) is 12.0. The van der Waals surface area contributed by atoms with Gasteiger partial charge in [0.05, 0.1) is 6.10 Å². The summed E-state index contributed by atoms with van der Waals surface area (Å²) in [7, 11) is 0. The summed E-state index contributed by atoms with van der Waals surface area (Å²) in [6, 6.07) is 0. The summed E-state index contributed by atoms with van der Waals surface area (Å²) < 4.78 is 5.46. The lowest BCUT2D eigenvalue weighted by Gasteiger charge is -2.34. The second-order valence-corrected chi connectivity index (χ2v) is 6.10. The Kier molecular flexibility index (Phi) is 6.36. The van der Waals surface area contributed by atoms with Gasteiger partial charge in [0.15, 0.2) is 0 Å². The number of rotatable bonds is 7. The number of nitrogens with one attached hydrogen (secondary N) is 1. The number of carbonyl (C=O) groups is 1. The second kappa shape index (κ2) is 7.28. The molecule has 0 aromatic carbocycles. The summed E-state index contributed by atoms with van der Waals surface area (Å²) in [5.74, 6) is 0.728. The molecule has 1 aliphatic rings. The van der Waals surface area contributed by atoms with Crippen LogP contribution in [0.2, 0.25) is 0 Å². The molecule has 0 bridgehead atoms. The molecular formula is C12H22BrNO2. The largest absolute Gasteiger partial charge is 0.378 e.